The number of nitrogens with zero attached hydrogens (tertiary/aromatic N) is 3. The lowest BCUT2D eigenvalue weighted by Crippen LogP contribution is -2.49. The van der Waals surface area contributed by atoms with Gasteiger partial charge in [0, 0.05) is 19.6 Å². The zero-order valence-electron chi connectivity index (χ0n) is 14.8. The van der Waals surface area contributed by atoms with Crippen LogP contribution >= 0.6 is 0 Å². The summed E-state index contributed by atoms with van der Waals surface area (Å²) in [6, 6.07) is 12.5. The molecule has 0 unspecified atom stereocenters. The number of morpholine rings is 1. The SMILES string of the molecule is CCN(C[C@H](C)C#N)C(=O)CN1C[C@H](C)OC[C@@H]1c1ccccc1. The molecule has 1 heterocycles. The molecule has 5 nitrogen and oxygen atoms in total. The fourth-order valence-corrected chi connectivity index (χ4v) is 3.08. The van der Waals surface area contributed by atoms with Crippen LogP contribution < -0.4 is 0 Å². The Bertz CT molecular complexity index is 570. The van der Waals surface area contributed by atoms with Gasteiger partial charge in [-0.25, -0.2) is 0 Å². The van der Waals surface area contributed by atoms with Crippen LogP contribution in [0.2, 0.25) is 0 Å². The van der Waals surface area contributed by atoms with Crippen molar-refractivity contribution in [3.8, 4) is 6.07 Å². The number of benzene rings is 1. The first-order chi connectivity index (χ1) is 11.5. The van der Waals surface area contributed by atoms with Gasteiger partial charge < -0.3 is 9.64 Å². The number of amides is 1. The fourth-order valence-electron chi connectivity index (χ4n) is 3.08. The van der Waals surface area contributed by atoms with Crippen molar-refractivity contribution in [1.29, 1.82) is 5.26 Å². The van der Waals surface area contributed by atoms with Gasteiger partial charge in [-0.05, 0) is 26.3 Å². The van der Waals surface area contributed by atoms with E-state index in [-0.39, 0.29) is 24.0 Å². The van der Waals surface area contributed by atoms with Crippen LogP contribution in [-0.4, -0.2) is 54.6 Å². The average molecular weight is 329 g/mol. The highest BCUT2D eigenvalue weighted by Crippen LogP contribution is 2.26. The number of hydrogen-bond donors (Lipinski definition) is 0. The predicted molar refractivity (Wildman–Crippen MR) is 93.2 cm³/mol. The summed E-state index contributed by atoms with van der Waals surface area (Å²) in [6.45, 7) is 8.64. The van der Waals surface area contributed by atoms with Gasteiger partial charge in [-0.2, -0.15) is 5.26 Å². The Hall–Kier alpha value is -1.90. The standard InChI is InChI=1S/C19H27N3O2/c1-4-21(11-15(2)10-20)19(23)13-22-12-16(3)24-14-18(22)17-8-6-5-7-9-17/h5-9,15-16,18H,4,11-14H2,1-3H3/t15-,16+,18-/m1/s1. The number of nitriles is 1. The smallest absolute Gasteiger partial charge is 0.236 e. The normalized spacial score (nSPS) is 22.6. The molecule has 1 aliphatic heterocycles. The van der Waals surface area contributed by atoms with Gasteiger partial charge in [0.1, 0.15) is 0 Å². The summed E-state index contributed by atoms with van der Waals surface area (Å²) >= 11 is 0. The highest BCUT2D eigenvalue weighted by molar-refractivity contribution is 5.78. The molecule has 2 rings (SSSR count). The number of ether oxygens (including phenoxy) is 1. The van der Waals surface area contributed by atoms with Gasteiger partial charge in [0.05, 0.1) is 37.3 Å². The third-order valence-electron chi connectivity index (χ3n) is 4.44. The molecule has 130 valence electrons. The van der Waals surface area contributed by atoms with Crippen LogP contribution in [0.3, 0.4) is 0 Å². The summed E-state index contributed by atoms with van der Waals surface area (Å²) in [6.07, 6.45) is 0.117. The second-order valence-electron chi connectivity index (χ2n) is 6.46. The van der Waals surface area contributed by atoms with Gasteiger partial charge in [0.2, 0.25) is 5.91 Å². The minimum Gasteiger partial charge on any atom is -0.375 e. The van der Waals surface area contributed by atoms with E-state index in [2.05, 4.69) is 23.1 Å². The molecule has 1 aliphatic rings. The van der Waals surface area contributed by atoms with E-state index in [0.29, 0.717) is 26.2 Å². The first-order valence-corrected chi connectivity index (χ1v) is 8.63. The molecule has 1 amide bonds. The van der Waals surface area contributed by atoms with Gasteiger partial charge in [-0.1, -0.05) is 30.3 Å². The highest BCUT2D eigenvalue weighted by atomic mass is 16.5. The summed E-state index contributed by atoms with van der Waals surface area (Å²) in [7, 11) is 0. The minimum absolute atomic E-state index is 0.0784. The van der Waals surface area contributed by atoms with Gasteiger partial charge in [0.25, 0.3) is 0 Å². The van der Waals surface area contributed by atoms with E-state index in [1.54, 1.807) is 4.90 Å². The molecule has 1 fully saturated rings. The monoisotopic (exact) mass is 329 g/mol. The Kier molecular flexibility index (Phi) is 6.77. The molecule has 0 bridgehead atoms. The summed E-state index contributed by atoms with van der Waals surface area (Å²) in [5.41, 5.74) is 1.17. The van der Waals surface area contributed by atoms with Gasteiger partial charge in [0.15, 0.2) is 0 Å². The molecule has 3 atom stereocenters. The zero-order valence-corrected chi connectivity index (χ0v) is 14.8. The number of hydrogen-bond acceptors (Lipinski definition) is 4. The first kappa shape index (κ1) is 18.4. The van der Waals surface area contributed by atoms with E-state index in [1.807, 2.05) is 39.0 Å². The highest BCUT2D eigenvalue weighted by Gasteiger charge is 2.30. The van der Waals surface area contributed by atoms with E-state index < -0.39 is 0 Å². The third kappa shape index (κ3) is 4.80. The van der Waals surface area contributed by atoms with Crippen LogP contribution in [0.1, 0.15) is 32.4 Å². The van der Waals surface area contributed by atoms with Crippen molar-refractivity contribution >= 4 is 5.91 Å². The van der Waals surface area contributed by atoms with E-state index in [4.69, 9.17) is 10.00 Å². The van der Waals surface area contributed by atoms with Crippen molar-refractivity contribution in [3.05, 3.63) is 35.9 Å². The molecular formula is C19H27N3O2. The zero-order chi connectivity index (χ0) is 17.5. The lowest BCUT2D eigenvalue weighted by Gasteiger charge is -2.39. The average Bonchev–Trinajstić information content (AvgIpc) is 2.60. The van der Waals surface area contributed by atoms with Crippen molar-refractivity contribution in [2.24, 2.45) is 5.92 Å². The molecule has 0 aromatic heterocycles. The van der Waals surface area contributed by atoms with E-state index in [9.17, 15) is 4.79 Å². The van der Waals surface area contributed by atoms with Crippen LogP contribution in [0.5, 0.6) is 0 Å². The largest absolute Gasteiger partial charge is 0.375 e. The number of carbonyl (C=O) groups excluding carboxylic acids is 1. The number of carbonyl (C=O) groups is 1. The second kappa shape index (κ2) is 8.81. The maximum absolute atomic E-state index is 12.7. The molecule has 0 spiro atoms. The molecule has 0 radical (unpaired) electrons. The summed E-state index contributed by atoms with van der Waals surface area (Å²) in [5, 5.41) is 8.99. The molecule has 0 aliphatic carbocycles. The van der Waals surface area contributed by atoms with E-state index in [1.165, 1.54) is 5.56 Å². The fraction of sp³-hybridized carbons (Fsp3) is 0.579. The predicted octanol–water partition coefficient (Wildman–Crippen LogP) is 2.46. The maximum Gasteiger partial charge on any atom is 0.236 e. The van der Waals surface area contributed by atoms with Gasteiger partial charge >= 0.3 is 0 Å². The van der Waals surface area contributed by atoms with Crippen molar-refractivity contribution in [2.75, 3.05) is 32.8 Å². The molecule has 24 heavy (non-hydrogen) atoms. The third-order valence-corrected chi connectivity index (χ3v) is 4.44. The van der Waals surface area contributed by atoms with Crippen LogP contribution in [0.25, 0.3) is 0 Å². The number of rotatable bonds is 6. The van der Waals surface area contributed by atoms with Crippen molar-refractivity contribution in [2.45, 2.75) is 32.9 Å². The lowest BCUT2D eigenvalue weighted by atomic mass is 10.0. The Labute approximate surface area is 144 Å². The Morgan fingerprint density at radius 1 is 1.46 bits per heavy atom. The molecular weight excluding hydrogens is 302 g/mol. The summed E-state index contributed by atoms with van der Waals surface area (Å²) < 4.78 is 5.82. The maximum atomic E-state index is 12.7. The Morgan fingerprint density at radius 3 is 2.79 bits per heavy atom. The van der Waals surface area contributed by atoms with Gasteiger partial charge in [-0.3, -0.25) is 9.69 Å². The molecule has 0 N–H and O–H groups in total. The second-order valence-corrected chi connectivity index (χ2v) is 6.46. The van der Waals surface area contributed by atoms with Crippen molar-refractivity contribution in [3.63, 3.8) is 0 Å². The van der Waals surface area contributed by atoms with Crippen molar-refractivity contribution in [1.82, 2.24) is 9.80 Å². The number of likely N-dealkylation sites (N-methyl/N-ethyl adjacent to an activating group) is 1. The first-order valence-electron chi connectivity index (χ1n) is 8.63. The quantitative estimate of drug-likeness (QED) is 0.804. The Balaban J connectivity index is 2.08. The van der Waals surface area contributed by atoms with E-state index >= 15 is 0 Å². The summed E-state index contributed by atoms with van der Waals surface area (Å²) in [4.78, 5) is 16.7. The van der Waals surface area contributed by atoms with Crippen LogP contribution in [-0.2, 0) is 9.53 Å². The molecule has 0 saturated carbocycles. The molecule has 1 saturated heterocycles. The summed E-state index contributed by atoms with van der Waals surface area (Å²) in [5.74, 6) is -0.0722. The van der Waals surface area contributed by atoms with Crippen LogP contribution in [0.15, 0.2) is 30.3 Å². The van der Waals surface area contributed by atoms with Gasteiger partial charge in [-0.15, -0.1) is 0 Å². The Morgan fingerprint density at radius 2 is 2.17 bits per heavy atom. The minimum atomic E-state index is -0.151. The molecule has 1 aromatic rings. The van der Waals surface area contributed by atoms with E-state index in [0.717, 1.165) is 6.54 Å². The van der Waals surface area contributed by atoms with Crippen LogP contribution in [0, 0.1) is 17.2 Å². The molecule has 1 aromatic carbocycles. The molecule has 5 heteroatoms. The lowest BCUT2D eigenvalue weighted by molar-refractivity contribution is -0.136. The topological polar surface area (TPSA) is 56.6 Å². The van der Waals surface area contributed by atoms with Crippen LogP contribution in [0.4, 0.5) is 0 Å². The van der Waals surface area contributed by atoms with Crippen molar-refractivity contribution < 1.29 is 9.53 Å².